The molecule has 3 amide bonds. The second kappa shape index (κ2) is 9.07. The normalized spacial score (nSPS) is 13.5. The lowest BCUT2D eigenvalue weighted by molar-refractivity contribution is -0.117. The zero-order valence-electron chi connectivity index (χ0n) is 15.6. The van der Waals surface area contributed by atoms with Crippen molar-refractivity contribution in [3.8, 4) is 0 Å². The number of para-hydroxylation sites is 1. The lowest BCUT2D eigenvalue weighted by Gasteiger charge is -2.19. The molecule has 0 atom stereocenters. The summed E-state index contributed by atoms with van der Waals surface area (Å²) in [5.41, 5.74) is 2.68. The molecule has 2 aromatic carbocycles. The van der Waals surface area contributed by atoms with E-state index in [9.17, 15) is 9.59 Å². The van der Waals surface area contributed by atoms with Gasteiger partial charge in [0, 0.05) is 50.2 Å². The number of hydrogen-bond donors (Lipinski definition) is 2. The van der Waals surface area contributed by atoms with E-state index in [1.54, 1.807) is 4.90 Å². The van der Waals surface area contributed by atoms with Crippen LogP contribution in [0.25, 0.3) is 0 Å². The maximum absolute atomic E-state index is 12.1. The van der Waals surface area contributed by atoms with Crippen LogP contribution in [0.1, 0.15) is 19.3 Å². The zero-order chi connectivity index (χ0) is 19.1. The van der Waals surface area contributed by atoms with Gasteiger partial charge in [-0.15, -0.1) is 0 Å². The molecule has 27 heavy (non-hydrogen) atoms. The molecule has 0 unspecified atom stereocenters. The summed E-state index contributed by atoms with van der Waals surface area (Å²) in [6, 6.07) is 17.3. The van der Waals surface area contributed by atoms with E-state index in [4.69, 9.17) is 0 Å². The molecule has 0 radical (unpaired) electrons. The minimum absolute atomic E-state index is 0.138. The molecule has 1 heterocycles. The number of carbonyl (C=O) groups is 2. The van der Waals surface area contributed by atoms with Crippen molar-refractivity contribution in [1.29, 1.82) is 0 Å². The van der Waals surface area contributed by atoms with E-state index < -0.39 is 0 Å². The second-order valence-corrected chi connectivity index (χ2v) is 6.69. The molecule has 0 aromatic heterocycles. The standard InChI is InChI=1S/C21H26N4O2/c1-24(18-9-3-2-4-10-18)14-7-13-22-21(27)23-17-8-5-11-19(16-17)25-15-6-12-20(25)26/h2-5,8-11,16H,6-7,12-15H2,1H3,(H2,22,23,27). The molecule has 0 aliphatic carbocycles. The smallest absolute Gasteiger partial charge is 0.319 e. The van der Waals surface area contributed by atoms with Gasteiger partial charge in [-0.1, -0.05) is 24.3 Å². The van der Waals surface area contributed by atoms with Crippen LogP contribution in [0.3, 0.4) is 0 Å². The first kappa shape index (κ1) is 18.8. The summed E-state index contributed by atoms with van der Waals surface area (Å²) in [5, 5.41) is 5.72. The summed E-state index contributed by atoms with van der Waals surface area (Å²) >= 11 is 0. The molecule has 142 valence electrons. The Bertz CT molecular complexity index is 779. The van der Waals surface area contributed by atoms with Crippen LogP contribution in [0.4, 0.5) is 21.9 Å². The average Bonchev–Trinajstić information content (AvgIpc) is 3.12. The number of urea groups is 1. The maximum Gasteiger partial charge on any atom is 0.319 e. The third-order valence-electron chi connectivity index (χ3n) is 4.64. The topological polar surface area (TPSA) is 64.7 Å². The van der Waals surface area contributed by atoms with E-state index in [0.29, 0.717) is 18.7 Å². The van der Waals surface area contributed by atoms with E-state index in [0.717, 1.165) is 37.3 Å². The van der Waals surface area contributed by atoms with Crippen LogP contribution in [0.5, 0.6) is 0 Å². The predicted molar refractivity (Wildman–Crippen MR) is 109 cm³/mol. The highest BCUT2D eigenvalue weighted by atomic mass is 16.2. The van der Waals surface area contributed by atoms with Gasteiger partial charge in [0.05, 0.1) is 0 Å². The summed E-state index contributed by atoms with van der Waals surface area (Å²) < 4.78 is 0. The predicted octanol–water partition coefficient (Wildman–Crippen LogP) is 3.46. The van der Waals surface area contributed by atoms with Crippen LogP contribution in [0.15, 0.2) is 54.6 Å². The Balaban J connectivity index is 1.42. The fourth-order valence-corrected chi connectivity index (χ4v) is 3.18. The van der Waals surface area contributed by atoms with E-state index in [1.165, 1.54) is 0 Å². The number of nitrogens with zero attached hydrogens (tertiary/aromatic N) is 2. The molecule has 0 saturated carbocycles. The lowest BCUT2D eigenvalue weighted by atomic mass is 10.2. The summed E-state index contributed by atoms with van der Waals surface area (Å²) in [6.45, 7) is 2.19. The van der Waals surface area contributed by atoms with Crippen molar-refractivity contribution < 1.29 is 9.59 Å². The molecular formula is C21H26N4O2. The van der Waals surface area contributed by atoms with Crippen molar-refractivity contribution in [1.82, 2.24) is 5.32 Å². The van der Waals surface area contributed by atoms with Crippen LogP contribution >= 0.6 is 0 Å². The first-order valence-corrected chi connectivity index (χ1v) is 9.35. The third kappa shape index (κ3) is 5.23. The van der Waals surface area contributed by atoms with E-state index in [-0.39, 0.29) is 11.9 Å². The molecule has 0 spiro atoms. The number of hydrogen-bond acceptors (Lipinski definition) is 3. The highest BCUT2D eigenvalue weighted by molar-refractivity contribution is 5.96. The molecule has 1 saturated heterocycles. The number of rotatable bonds is 7. The molecule has 3 rings (SSSR count). The van der Waals surface area contributed by atoms with Crippen molar-refractivity contribution >= 4 is 29.0 Å². The number of anilines is 3. The van der Waals surface area contributed by atoms with Gasteiger partial charge < -0.3 is 20.4 Å². The van der Waals surface area contributed by atoms with Gasteiger partial charge in [0.2, 0.25) is 5.91 Å². The molecule has 2 aromatic rings. The lowest BCUT2D eigenvalue weighted by Crippen LogP contribution is -2.31. The molecule has 1 aliphatic rings. The second-order valence-electron chi connectivity index (χ2n) is 6.69. The Morgan fingerprint density at radius 1 is 1.15 bits per heavy atom. The van der Waals surface area contributed by atoms with Gasteiger partial charge in [-0.3, -0.25) is 4.79 Å². The monoisotopic (exact) mass is 366 g/mol. The van der Waals surface area contributed by atoms with Crippen molar-refractivity contribution in [2.75, 3.05) is 41.8 Å². The largest absolute Gasteiger partial charge is 0.375 e. The van der Waals surface area contributed by atoms with Gasteiger partial charge >= 0.3 is 6.03 Å². The molecule has 0 bridgehead atoms. The zero-order valence-corrected chi connectivity index (χ0v) is 15.6. The van der Waals surface area contributed by atoms with Crippen LogP contribution in [0, 0.1) is 0 Å². The first-order chi connectivity index (χ1) is 13.1. The van der Waals surface area contributed by atoms with Crippen molar-refractivity contribution in [3.05, 3.63) is 54.6 Å². The number of benzene rings is 2. The summed E-state index contributed by atoms with van der Waals surface area (Å²) in [7, 11) is 2.04. The fourth-order valence-electron chi connectivity index (χ4n) is 3.18. The number of nitrogens with one attached hydrogen (secondary N) is 2. The fraction of sp³-hybridized carbons (Fsp3) is 0.333. The summed E-state index contributed by atoms with van der Waals surface area (Å²) in [4.78, 5) is 27.9. The highest BCUT2D eigenvalue weighted by Crippen LogP contribution is 2.24. The maximum atomic E-state index is 12.1. The van der Waals surface area contributed by atoms with E-state index in [2.05, 4.69) is 27.7 Å². The van der Waals surface area contributed by atoms with Gasteiger partial charge in [0.25, 0.3) is 0 Å². The van der Waals surface area contributed by atoms with Crippen LogP contribution < -0.4 is 20.4 Å². The Hall–Kier alpha value is -3.02. The average molecular weight is 366 g/mol. The molecule has 6 nitrogen and oxygen atoms in total. The van der Waals surface area contributed by atoms with Gasteiger partial charge in [0.1, 0.15) is 0 Å². The van der Waals surface area contributed by atoms with Gasteiger partial charge in [-0.05, 0) is 43.2 Å². The molecule has 6 heteroatoms. The Labute approximate surface area is 160 Å². The van der Waals surface area contributed by atoms with E-state index in [1.807, 2.05) is 49.5 Å². The van der Waals surface area contributed by atoms with E-state index >= 15 is 0 Å². The quantitative estimate of drug-likeness (QED) is 0.738. The SMILES string of the molecule is CN(CCCNC(=O)Nc1cccc(N2CCCC2=O)c1)c1ccccc1. The minimum atomic E-state index is -0.234. The minimum Gasteiger partial charge on any atom is -0.375 e. The number of amides is 3. The molecule has 1 fully saturated rings. The number of carbonyl (C=O) groups excluding carboxylic acids is 2. The van der Waals surface area contributed by atoms with Crippen molar-refractivity contribution in [3.63, 3.8) is 0 Å². The van der Waals surface area contributed by atoms with Crippen molar-refractivity contribution in [2.45, 2.75) is 19.3 Å². The Morgan fingerprint density at radius 3 is 2.70 bits per heavy atom. The summed E-state index contributed by atoms with van der Waals surface area (Å²) in [6.07, 6.45) is 2.32. The third-order valence-corrected chi connectivity index (χ3v) is 4.64. The Morgan fingerprint density at radius 2 is 1.96 bits per heavy atom. The van der Waals surface area contributed by atoms with Crippen LogP contribution in [-0.2, 0) is 4.79 Å². The Kier molecular flexibility index (Phi) is 6.30. The van der Waals surface area contributed by atoms with Crippen LogP contribution in [-0.4, -0.2) is 38.6 Å². The molecular weight excluding hydrogens is 340 g/mol. The highest BCUT2D eigenvalue weighted by Gasteiger charge is 2.21. The summed E-state index contributed by atoms with van der Waals surface area (Å²) in [5.74, 6) is 0.138. The van der Waals surface area contributed by atoms with Gasteiger partial charge in [-0.2, -0.15) is 0 Å². The van der Waals surface area contributed by atoms with Crippen LogP contribution in [0.2, 0.25) is 0 Å². The molecule has 2 N–H and O–H groups in total. The first-order valence-electron chi connectivity index (χ1n) is 9.35. The van der Waals surface area contributed by atoms with Gasteiger partial charge in [-0.25, -0.2) is 4.79 Å². The van der Waals surface area contributed by atoms with Crippen molar-refractivity contribution in [2.24, 2.45) is 0 Å². The van der Waals surface area contributed by atoms with Gasteiger partial charge in [0.15, 0.2) is 0 Å². The molecule has 1 aliphatic heterocycles.